The molecule has 72 heavy (non-hydrogen) atoms. The van der Waals surface area contributed by atoms with Gasteiger partial charge in [0.2, 0.25) is 0 Å². The minimum absolute atomic E-state index is 0.0740. The first kappa shape index (κ1) is 45.6. The highest BCUT2D eigenvalue weighted by molar-refractivity contribution is 7.26. The van der Waals surface area contributed by atoms with Crippen LogP contribution in [0.1, 0.15) is 74.9 Å². The van der Waals surface area contributed by atoms with Crippen molar-refractivity contribution in [3.05, 3.63) is 215 Å². The van der Waals surface area contributed by atoms with Gasteiger partial charge in [-0.2, -0.15) is 0 Å². The fourth-order valence-corrected chi connectivity index (χ4v) is 12.1. The number of hydrogen-bond acceptors (Lipinski definition) is 5. The second kappa shape index (κ2) is 17.1. The van der Waals surface area contributed by atoms with E-state index in [4.69, 9.17) is 4.74 Å². The minimum Gasteiger partial charge on any atom is -0.458 e. The van der Waals surface area contributed by atoms with Crippen molar-refractivity contribution in [3.63, 3.8) is 0 Å². The van der Waals surface area contributed by atoms with Gasteiger partial charge in [0.1, 0.15) is 11.5 Å². The molecular weight excluding hydrogens is 894 g/mol. The highest BCUT2D eigenvalue weighted by Crippen LogP contribution is 2.53. The Labute approximate surface area is 429 Å². The number of nitrogens with zero attached hydrogens (tertiary/aromatic N) is 3. The van der Waals surface area contributed by atoms with Crippen LogP contribution in [-0.4, -0.2) is 6.71 Å². The molecule has 0 saturated heterocycles. The standard InChI is InChI=1S/C66H60BN3OS/c1-41-15-24-47(25-16-41)68(48-26-17-42(2)18-27-48)51-32-33-53-59(40-51)71-60-39-46(66(8,9)10)38-58-63(60)67(53)54-37-45(65(5,6)7)23-34-55(54)70(58)56-35-36-57(64-62(56)52-13-11-12-14-61(52)72-64)69(49-28-19-43(3)20-29-49)50-30-21-44(4)22-31-50/h11-40H,1-10H3. The Balaban J connectivity index is 1.11. The molecule has 2 aliphatic heterocycles. The topological polar surface area (TPSA) is 19.0 Å². The molecule has 4 nitrogen and oxygen atoms in total. The van der Waals surface area contributed by atoms with Gasteiger partial charge in [-0.3, -0.25) is 0 Å². The third kappa shape index (κ3) is 7.75. The van der Waals surface area contributed by atoms with Crippen molar-refractivity contribution in [2.24, 2.45) is 0 Å². The summed E-state index contributed by atoms with van der Waals surface area (Å²) in [5.74, 6) is 1.80. The van der Waals surface area contributed by atoms with Crippen LogP contribution in [0.2, 0.25) is 0 Å². The van der Waals surface area contributed by atoms with Crippen molar-refractivity contribution in [1.29, 1.82) is 0 Å². The lowest BCUT2D eigenvalue weighted by molar-refractivity contribution is 0.483. The van der Waals surface area contributed by atoms with Crippen molar-refractivity contribution in [2.45, 2.75) is 80.1 Å². The second-order valence-electron chi connectivity index (χ2n) is 22.2. The van der Waals surface area contributed by atoms with Crippen LogP contribution in [0.15, 0.2) is 182 Å². The van der Waals surface area contributed by atoms with Crippen molar-refractivity contribution in [3.8, 4) is 11.5 Å². The van der Waals surface area contributed by atoms with Crippen molar-refractivity contribution < 1.29 is 4.74 Å². The summed E-state index contributed by atoms with van der Waals surface area (Å²) >= 11 is 1.88. The molecule has 2 aliphatic rings. The molecule has 0 atom stereocenters. The highest BCUT2D eigenvalue weighted by Gasteiger charge is 2.44. The largest absolute Gasteiger partial charge is 0.458 e. The zero-order valence-electron chi connectivity index (χ0n) is 43.1. The van der Waals surface area contributed by atoms with Gasteiger partial charge in [0.15, 0.2) is 0 Å². The number of aryl methyl sites for hydroxylation is 4. The third-order valence-electron chi connectivity index (χ3n) is 14.9. The summed E-state index contributed by atoms with van der Waals surface area (Å²) in [6, 6.07) is 68.2. The lowest BCUT2D eigenvalue weighted by Crippen LogP contribution is -2.59. The summed E-state index contributed by atoms with van der Waals surface area (Å²) in [5, 5.41) is 2.49. The number of fused-ring (bicyclic) bond motifs is 7. The molecule has 10 aromatic rings. The number of hydrogen-bond donors (Lipinski definition) is 0. The van der Waals surface area contributed by atoms with Crippen LogP contribution < -0.4 is 35.8 Å². The number of rotatable bonds is 7. The van der Waals surface area contributed by atoms with Crippen LogP contribution in [-0.2, 0) is 10.8 Å². The van der Waals surface area contributed by atoms with Crippen molar-refractivity contribution in [2.75, 3.05) is 14.7 Å². The lowest BCUT2D eigenvalue weighted by Gasteiger charge is -2.42. The van der Waals surface area contributed by atoms with Gasteiger partial charge < -0.3 is 19.4 Å². The molecule has 0 bridgehead atoms. The summed E-state index contributed by atoms with van der Waals surface area (Å²) in [7, 11) is 0. The molecule has 3 heterocycles. The zero-order valence-corrected chi connectivity index (χ0v) is 43.9. The van der Waals surface area contributed by atoms with Crippen LogP contribution in [0.3, 0.4) is 0 Å². The maximum Gasteiger partial charge on any atom is 0.256 e. The number of benzene rings is 9. The monoisotopic (exact) mass is 953 g/mol. The Bertz CT molecular complexity index is 3640. The van der Waals surface area contributed by atoms with Crippen LogP contribution >= 0.6 is 11.3 Å². The van der Waals surface area contributed by atoms with E-state index >= 15 is 0 Å². The van der Waals surface area contributed by atoms with E-state index in [1.165, 1.54) is 75.6 Å². The number of anilines is 9. The van der Waals surface area contributed by atoms with E-state index in [0.717, 1.165) is 57.0 Å². The predicted molar refractivity (Wildman–Crippen MR) is 311 cm³/mol. The first-order chi connectivity index (χ1) is 34.6. The molecule has 0 saturated carbocycles. The average molecular weight is 954 g/mol. The molecule has 1 aromatic heterocycles. The molecule has 0 radical (unpaired) electrons. The van der Waals surface area contributed by atoms with E-state index in [-0.39, 0.29) is 17.5 Å². The van der Waals surface area contributed by atoms with Crippen LogP contribution in [0.4, 0.5) is 51.2 Å². The quantitative estimate of drug-likeness (QED) is 0.148. The van der Waals surface area contributed by atoms with Gasteiger partial charge >= 0.3 is 0 Å². The zero-order chi connectivity index (χ0) is 49.8. The van der Waals surface area contributed by atoms with E-state index < -0.39 is 0 Å². The second-order valence-corrected chi connectivity index (χ2v) is 23.2. The number of ether oxygens (including phenoxy) is 1. The van der Waals surface area contributed by atoms with Gasteiger partial charge in [-0.1, -0.05) is 149 Å². The Hall–Kier alpha value is -7.54. The highest BCUT2D eigenvalue weighted by atomic mass is 32.1. The first-order valence-electron chi connectivity index (χ1n) is 25.3. The van der Waals surface area contributed by atoms with Crippen LogP contribution in [0, 0.1) is 27.7 Å². The van der Waals surface area contributed by atoms with Crippen molar-refractivity contribution >= 4 is 106 Å². The smallest absolute Gasteiger partial charge is 0.256 e. The third-order valence-corrected chi connectivity index (χ3v) is 16.1. The van der Waals surface area contributed by atoms with Gasteiger partial charge in [0.05, 0.1) is 16.1 Å². The summed E-state index contributed by atoms with van der Waals surface area (Å²) in [6.45, 7) is 22.5. The van der Waals surface area contributed by atoms with E-state index in [2.05, 4.69) is 266 Å². The molecule has 0 aliphatic carbocycles. The fraction of sp³-hybridized carbons (Fsp3) is 0.182. The molecule has 0 N–H and O–H groups in total. The molecule has 0 fully saturated rings. The summed E-state index contributed by atoms with van der Waals surface area (Å²) in [5.41, 5.74) is 21.0. The van der Waals surface area contributed by atoms with E-state index in [1.54, 1.807) is 0 Å². The molecule has 0 spiro atoms. The predicted octanol–water partition coefficient (Wildman–Crippen LogP) is 17.2. The van der Waals surface area contributed by atoms with E-state index in [9.17, 15) is 0 Å². The van der Waals surface area contributed by atoms with Crippen LogP contribution in [0.5, 0.6) is 11.5 Å². The molecule has 6 heteroatoms. The van der Waals surface area contributed by atoms with E-state index in [0.29, 0.717) is 0 Å². The average Bonchev–Trinajstić information content (AvgIpc) is 3.76. The Morgan fingerprint density at radius 1 is 0.444 bits per heavy atom. The van der Waals surface area contributed by atoms with Gasteiger partial charge in [-0.05, 0) is 157 Å². The Kier molecular flexibility index (Phi) is 10.8. The lowest BCUT2D eigenvalue weighted by atomic mass is 9.34. The summed E-state index contributed by atoms with van der Waals surface area (Å²) < 4.78 is 9.91. The molecule has 9 aromatic carbocycles. The first-order valence-corrected chi connectivity index (χ1v) is 26.2. The molecule has 0 unspecified atom stereocenters. The minimum atomic E-state index is -0.168. The summed E-state index contributed by atoms with van der Waals surface area (Å²) in [6.07, 6.45) is 0. The maximum absolute atomic E-state index is 7.41. The van der Waals surface area contributed by atoms with Gasteiger partial charge in [-0.25, -0.2) is 0 Å². The molecular formula is C66H60BN3OS. The molecule has 354 valence electrons. The van der Waals surface area contributed by atoms with Gasteiger partial charge in [0, 0.05) is 61.4 Å². The molecule has 12 rings (SSSR count). The Morgan fingerprint density at radius 2 is 0.972 bits per heavy atom. The normalized spacial score (nSPS) is 12.9. The van der Waals surface area contributed by atoms with E-state index in [1.807, 2.05) is 11.3 Å². The van der Waals surface area contributed by atoms with Crippen molar-refractivity contribution in [1.82, 2.24) is 0 Å². The Morgan fingerprint density at radius 3 is 1.54 bits per heavy atom. The SMILES string of the molecule is Cc1ccc(N(c2ccc(C)cc2)c2ccc3c(c2)Oc2cc(C(C)(C)C)cc4c2B3c2cc(C(C)(C)C)ccc2N4c2ccc(N(c3ccc(C)cc3)c3ccc(C)cc3)c3sc4ccccc4c23)cc1. The fourth-order valence-electron chi connectivity index (χ4n) is 10.8. The van der Waals surface area contributed by atoms with Gasteiger partial charge in [-0.15, -0.1) is 11.3 Å². The van der Waals surface area contributed by atoms with Gasteiger partial charge in [0.25, 0.3) is 6.71 Å². The number of thiophene rings is 1. The molecule has 0 amide bonds. The maximum atomic E-state index is 7.41. The van der Waals surface area contributed by atoms with Crippen LogP contribution in [0.25, 0.3) is 20.2 Å². The summed E-state index contributed by atoms with van der Waals surface area (Å²) in [4.78, 5) is 7.37.